The number of pyridine rings is 2. The summed E-state index contributed by atoms with van der Waals surface area (Å²) in [6, 6.07) is 1.66. The number of carboxylic acid groups (broad SMARTS) is 1. The molecule has 3 aromatic rings. The van der Waals surface area contributed by atoms with Crippen LogP contribution in [0.25, 0.3) is 21.8 Å². The van der Waals surface area contributed by atoms with Gasteiger partial charge >= 0.3 is 5.97 Å². The first-order valence-corrected chi connectivity index (χ1v) is 9.14. The maximum absolute atomic E-state index is 15.0. The van der Waals surface area contributed by atoms with Crippen LogP contribution < -0.4 is 10.3 Å². The van der Waals surface area contributed by atoms with Crippen molar-refractivity contribution < 1.29 is 14.3 Å². The minimum absolute atomic E-state index is 0.0264. The summed E-state index contributed by atoms with van der Waals surface area (Å²) in [6.45, 7) is 3.78. The van der Waals surface area contributed by atoms with E-state index in [0.717, 1.165) is 25.9 Å². The lowest BCUT2D eigenvalue weighted by Gasteiger charge is -2.21. The molecule has 0 aliphatic carbocycles. The lowest BCUT2D eigenvalue weighted by Crippen LogP contribution is -2.20. The number of halogens is 2. The number of nitrogens with zero attached hydrogens (tertiary/aromatic N) is 3. The molecule has 140 valence electrons. The second kappa shape index (κ2) is 6.49. The third-order valence-corrected chi connectivity index (χ3v) is 5.45. The van der Waals surface area contributed by atoms with Crippen LogP contribution in [0.2, 0.25) is 5.02 Å². The van der Waals surface area contributed by atoms with E-state index in [1.165, 1.54) is 12.4 Å². The van der Waals surface area contributed by atoms with E-state index in [1.54, 1.807) is 10.6 Å². The van der Waals surface area contributed by atoms with Gasteiger partial charge in [0.2, 0.25) is 5.43 Å². The Balaban J connectivity index is 2.18. The highest BCUT2D eigenvalue weighted by Crippen LogP contribution is 2.37. The molecule has 0 bridgehead atoms. The number of fused-ring (bicyclic) bond motifs is 3. The molecule has 0 radical (unpaired) electrons. The highest BCUT2D eigenvalue weighted by Gasteiger charge is 2.23. The predicted molar refractivity (Wildman–Crippen MR) is 103 cm³/mol. The van der Waals surface area contributed by atoms with Gasteiger partial charge in [0.15, 0.2) is 5.82 Å². The van der Waals surface area contributed by atoms with Crippen molar-refractivity contribution in [3.05, 3.63) is 45.1 Å². The molecule has 0 saturated carbocycles. The third kappa shape index (κ3) is 2.65. The molecule has 1 fully saturated rings. The van der Waals surface area contributed by atoms with Crippen LogP contribution in [-0.4, -0.2) is 33.7 Å². The number of carboxylic acids is 1. The summed E-state index contributed by atoms with van der Waals surface area (Å²) < 4.78 is 16.6. The number of hydrogen-bond donors (Lipinski definition) is 1. The molecule has 1 N–H and O–H groups in total. The first-order valence-electron chi connectivity index (χ1n) is 8.76. The molecule has 0 amide bonds. The highest BCUT2D eigenvalue weighted by atomic mass is 35.5. The molecule has 27 heavy (non-hydrogen) atoms. The van der Waals surface area contributed by atoms with E-state index in [4.69, 9.17) is 11.6 Å². The van der Waals surface area contributed by atoms with Crippen LogP contribution in [0.15, 0.2) is 23.3 Å². The summed E-state index contributed by atoms with van der Waals surface area (Å²) >= 11 is 6.25. The molecule has 0 unspecified atom stereocenters. The molecule has 2 aromatic heterocycles. The molecule has 1 saturated heterocycles. The lowest BCUT2D eigenvalue weighted by molar-refractivity contribution is 0.0695. The van der Waals surface area contributed by atoms with Crippen LogP contribution >= 0.6 is 11.6 Å². The van der Waals surface area contributed by atoms with Gasteiger partial charge in [-0.3, -0.25) is 9.78 Å². The van der Waals surface area contributed by atoms with Crippen molar-refractivity contribution in [2.45, 2.75) is 26.3 Å². The number of carbonyl (C=O) groups is 1. The minimum atomic E-state index is -1.32. The van der Waals surface area contributed by atoms with Gasteiger partial charge in [0.1, 0.15) is 16.1 Å². The van der Waals surface area contributed by atoms with Crippen molar-refractivity contribution in [2.75, 3.05) is 18.0 Å². The van der Waals surface area contributed by atoms with Gasteiger partial charge in [-0.05, 0) is 25.8 Å². The van der Waals surface area contributed by atoms with Crippen molar-refractivity contribution in [3.63, 3.8) is 0 Å². The zero-order valence-electron chi connectivity index (χ0n) is 14.6. The van der Waals surface area contributed by atoms with Crippen LogP contribution in [-0.2, 0) is 6.54 Å². The number of rotatable bonds is 3. The molecular weight excluding hydrogens is 373 g/mol. The van der Waals surface area contributed by atoms with Gasteiger partial charge in [-0.25, -0.2) is 9.18 Å². The molecule has 4 rings (SSSR count). The summed E-state index contributed by atoms with van der Waals surface area (Å²) in [6.07, 6.45) is 4.66. The molecule has 0 spiro atoms. The van der Waals surface area contributed by atoms with Crippen LogP contribution in [0.4, 0.5) is 10.1 Å². The van der Waals surface area contributed by atoms with Crippen LogP contribution in [0.3, 0.4) is 0 Å². The maximum Gasteiger partial charge on any atom is 0.341 e. The lowest BCUT2D eigenvalue weighted by atomic mass is 10.1. The van der Waals surface area contributed by atoms with Crippen molar-refractivity contribution in [2.24, 2.45) is 0 Å². The topological polar surface area (TPSA) is 75.4 Å². The van der Waals surface area contributed by atoms with E-state index in [9.17, 15) is 19.1 Å². The number of aryl methyl sites for hydroxylation is 1. The first kappa shape index (κ1) is 17.7. The molecule has 8 heteroatoms. The Morgan fingerprint density at radius 2 is 2.07 bits per heavy atom. The number of hydrogen-bond acceptors (Lipinski definition) is 4. The van der Waals surface area contributed by atoms with Gasteiger partial charge in [-0.15, -0.1) is 0 Å². The fourth-order valence-corrected chi connectivity index (χ4v) is 3.99. The number of aromatic carboxylic acids is 1. The largest absolute Gasteiger partial charge is 0.477 e. The smallest absolute Gasteiger partial charge is 0.341 e. The SMILES string of the molecule is CCn1cc(C(=O)O)c(=O)c2c3cc(N4CCCC4)c(Cl)c(F)c3ncc21. The third-order valence-electron chi connectivity index (χ3n) is 5.09. The van der Waals surface area contributed by atoms with Crippen LogP contribution in [0.5, 0.6) is 0 Å². The zero-order valence-corrected chi connectivity index (χ0v) is 15.4. The van der Waals surface area contributed by atoms with Crippen molar-refractivity contribution in [1.29, 1.82) is 0 Å². The Morgan fingerprint density at radius 3 is 2.70 bits per heavy atom. The predicted octanol–water partition coefficient (Wildman–Crippen LogP) is 3.66. The van der Waals surface area contributed by atoms with Crippen molar-refractivity contribution in [3.8, 4) is 0 Å². The fourth-order valence-electron chi connectivity index (χ4n) is 3.73. The Hall–Kier alpha value is -2.67. The van der Waals surface area contributed by atoms with Gasteiger partial charge < -0.3 is 14.6 Å². The summed E-state index contributed by atoms with van der Waals surface area (Å²) in [5, 5.41) is 9.82. The molecule has 0 atom stereocenters. The quantitative estimate of drug-likeness (QED) is 0.692. The van der Waals surface area contributed by atoms with E-state index in [2.05, 4.69) is 4.98 Å². The Morgan fingerprint density at radius 1 is 1.37 bits per heavy atom. The average Bonchev–Trinajstić information content (AvgIpc) is 3.18. The molecular formula is C19H17ClFN3O3. The summed E-state index contributed by atoms with van der Waals surface area (Å²) in [5.74, 6) is -2.01. The first-order chi connectivity index (χ1) is 12.9. The monoisotopic (exact) mass is 389 g/mol. The molecule has 6 nitrogen and oxygen atoms in total. The second-order valence-corrected chi connectivity index (χ2v) is 6.97. The van der Waals surface area contributed by atoms with Crippen LogP contribution in [0.1, 0.15) is 30.1 Å². The number of anilines is 1. The molecule has 1 aliphatic rings. The average molecular weight is 390 g/mol. The van der Waals surface area contributed by atoms with E-state index in [1.807, 2.05) is 11.8 Å². The number of benzene rings is 1. The zero-order chi connectivity index (χ0) is 19.3. The fraction of sp³-hybridized carbons (Fsp3) is 0.316. The summed E-state index contributed by atoms with van der Waals surface area (Å²) in [7, 11) is 0. The van der Waals surface area contributed by atoms with Gasteiger partial charge in [-0.1, -0.05) is 11.6 Å². The highest BCUT2D eigenvalue weighted by molar-refractivity contribution is 6.34. The Bertz CT molecular complexity index is 1150. The van der Waals surface area contributed by atoms with Crippen molar-refractivity contribution in [1.82, 2.24) is 9.55 Å². The van der Waals surface area contributed by atoms with Gasteiger partial charge in [0, 0.05) is 31.2 Å². The van der Waals surface area contributed by atoms with E-state index in [0.29, 0.717) is 17.7 Å². The maximum atomic E-state index is 15.0. The Kier molecular flexibility index (Phi) is 4.26. The van der Waals surface area contributed by atoms with E-state index < -0.39 is 17.2 Å². The Labute approximate surface area is 158 Å². The van der Waals surface area contributed by atoms with E-state index in [-0.39, 0.29) is 26.9 Å². The van der Waals surface area contributed by atoms with Gasteiger partial charge in [-0.2, -0.15) is 0 Å². The molecule has 3 heterocycles. The summed E-state index contributed by atoms with van der Waals surface area (Å²) in [5.41, 5.74) is -0.0536. The molecule has 1 aromatic carbocycles. The van der Waals surface area contributed by atoms with Gasteiger partial charge in [0.25, 0.3) is 0 Å². The second-order valence-electron chi connectivity index (χ2n) is 6.60. The van der Waals surface area contributed by atoms with E-state index >= 15 is 0 Å². The normalized spacial score (nSPS) is 14.4. The minimum Gasteiger partial charge on any atom is -0.477 e. The van der Waals surface area contributed by atoms with Crippen LogP contribution in [0, 0.1) is 5.82 Å². The number of aromatic nitrogens is 2. The van der Waals surface area contributed by atoms with Gasteiger partial charge in [0.05, 0.1) is 22.8 Å². The van der Waals surface area contributed by atoms with Crippen molar-refractivity contribution >= 4 is 45.1 Å². The molecule has 1 aliphatic heterocycles. The summed E-state index contributed by atoms with van der Waals surface area (Å²) in [4.78, 5) is 30.6. The standard InChI is InChI=1S/C19H17ClFN3O3/c1-2-23-9-11(19(26)27)18(25)14-10-7-12(24-5-3-4-6-24)15(20)16(21)17(10)22-8-13(14)23/h7-9H,2-6H2,1H3,(H,26,27).